The Morgan fingerprint density at radius 1 is 1.48 bits per heavy atom. The highest BCUT2D eigenvalue weighted by atomic mass is 35.5. The van der Waals surface area contributed by atoms with E-state index >= 15 is 0 Å². The maximum absolute atomic E-state index is 12.2. The Morgan fingerprint density at radius 3 is 2.90 bits per heavy atom. The normalized spacial score (nSPS) is 18.6. The lowest BCUT2D eigenvalue weighted by atomic mass is 10.0. The summed E-state index contributed by atoms with van der Waals surface area (Å²) in [4.78, 5) is 32.5. The van der Waals surface area contributed by atoms with Crippen molar-refractivity contribution in [2.75, 3.05) is 26.5 Å². The molecule has 0 aromatic carbocycles. The number of alkyl halides is 1. The SMILES string of the molecule is CN(C)C(=O)c1cnc(C2CCCCN2C(=O)CCCl)s1. The van der Waals surface area contributed by atoms with Gasteiger partial charge in [-0.05, 0) is 19.3 Å². The lowest BCUT2D eigenvalue weighted by molar-refractivity contribution is -0.134. The Balaban J connectivity index is 2.18. The van der Waals surface area contributed by atoms with Crippen molar-refractivity contribution in [3.05, 3.63) is 16.1 Å². The fourth-order valence-corrected chi connectivity index (χ4v) is 3.72. The van der Waals surface area contributed by atoms with E-state index in [2.05, 4.69) is 4.98 Å². The van der Waals surface area contributed by atoms with Crippen LogP contribution in [0.25, 0.3) is 0 Å². The van der Waals surface area contributed by atoms with Gasteiger partial charge in [0.2, 0.25) is 5.91 Å². The lowest BCUT2D eigenvalue weighted by Gasteiger charge is -2.34. The summed E-state index contributed by atoms with van der Waals surface area (Å²) in [6.45, 7) is 0.747. The summed E-state index contributed by atoms with van der Waals surface area (Å²) in [6, 6.07) is -0.0109. The number of halogens is 1. The molecule has 0 spiro atoms. The molecule has 2 amide bonds. The standard InChI is InChI=1S/C14H20ClN3O2S/c1-17(2)14(20)11-9-16-13(21-11)10-5-3-4-8-18(10)12(19)6-7-15/h9-10H,3-8H2,1-2H3. The molecule has 0 radical (unpaired) electrons. The van der Waals surface area contributed by atoms with E-state index in [0.29, 0.717) is 17.2 Å². The zero-order valence-electron chi connectivity index (χ0n) is 12.3. The molecule has 7 heteroatoms. The predicted molar refractivity (Wildman–Crippen MR) is 83.8 cm³/mol. The van der Waals surface area contributed by atoms with E-state index in [1.807, 2.05) is 4.90 Å². The van der Waals surface area contributed by atoms with Crippen molar-refractivity contribution in [2.24, 2.45) is 0 Å². The first kappa shape index (κ1) is 16.2. The minimum atomic E-state index is -0.0480. The van der Waals surface area contributed by atoms with Crippen molar-refractivity contribution in [2.45, 2.75) is 31.7 Å². The van der Waals surface area contributed by atoms with Crippen LogP contribution < -0.4 is 0 Å². The van der Waals surface area contributed by atoms with Crippen LogP contribution in [0.4, 0.5) is 0 Å². The molecular weight excluding hydrogens is 310 g/mol. The monoisotopic (exact) mass is 329 g/mol. The first-order chi connectivity index (χ1) is 10.0. The van der Waals surface area contributed by atoms with Gasteiger partial charge in [-0.3, -0.25) is 9.59 Å². The van der Waals surface area contributed by atoms with Gasteiger partial charge in [0, 0.05) is 32.9 Å². The second-order valence-corrected chi connectivity index (χ2v) is 6.74. The Bertz CT molecular complexity index is 518. The number of thiazole rings is 1. The summed E-state index contributed by atoms with van der Waals surface area (Å²) in [5.74, 6) is 0.364. The summed E-state index contributed by atoms with van der Waals surface area (Å²) in [5, 5.41) is 0.850. The number of hydrogen-bond acceptors (Lipinski definition) is 4. The van der Waals surface area contributed by atoms with Crippen LogP contribution in [0.1, 0.15) is 46.4 Å². The highest BCUT2D eigenvalue weighted by molar-refractivity contribution is 7.13. The smallest absolute Gasteiger partial charge is 0.265 e. The highest BCUT2D eigenvalue weighted by Crippen LogP contribution is 2.34. The molecule has 0 N–H and O–H groups in total. The molecule has 2 heterocycles. The number of carbonyl (C=O) groups excluding carboxylic acids is 2. The topological polar surface area (TPSA) is 53.5 Å². The number of rotatable bonds is 4. The van der Waals surface area contributed by atoms with Gasteiger partial charge in [-0.25, -0.2) is 4.98 Å². The largest absolute Gasteiger partial charge is 0.344 e. The molecule has 2 rings (SSSR count). The third kappa shape index (κ3) is 3.74. The van der Waals surface area contributed by atoms with Gasteiger partial charge in [-0.2, -0.15) is 0 Å². The van der Waals surface area contributed by atoms with Crippen LogP contribution in [0.15, 0.2) is 6.20 Å². The third-order valence-electron chi connectivity index (χ3n) is 3.56. The van der Waals surface area contributed by atoms with Crippen molar-refractivity contribution >= 4 is 34.8 Å². The van der Waals surface area contributed by atoms with Crippen molar-refractivity contribution in [3.63, 3.8) is 0 Å². The average Bonchev–Trinajstić information content (AvgIpc) is 2.96. The molecule has 1 aromatic rings. The van der Waals surface area contributed by atoms with Crippen molar-refractivity contribution in [1.29, 1.82) is 0 Å². The first-order valence-corrected chi connectivity index (χ1v) is 8.42. The Kier molecular flexibility index (Phi) is 5.58. The average molecular weight is 330 g/mol. The second kappa shape index (κ2) is 7.22. The van der Waals surface area contributed by atoms with Crippen LogP contribution in [0.5, 0.6) is 0 Å². The van der Waals surface area contributed by atoms with E-state index in [0.717, 1.165) is 30.8 Å². The van der Waals surface area contributed by atoms with E-state index < -0.39 is 0 Å². The van der Waals surface area contributed by atoms with E-state index in [1.165, 1.54) is 16.2 Å². The first-order valence-electron chi connectivity index (χ1n) is 7.07. The van der Waals surface area contributed by atoms with Crippen LogP contribution in [-0.4, -0.2) is 53.1 Å². The van der Waals surface area contributed by atoms with E-state index in [9.17, 15) is 9.59 Å². The van der Waals surface area contributed by atoms with E-state index in [4.69, 9.17) is 11.6 Å². The maximum Gasteiger partial charge on any atom is 0.265 e. The van der Waals surface area contributed by atoms with Crippen molar-refractivity contribution in [3.8, 4) is 0 Å². The Hall–Kier alpha value is -1.14. The number of aromatic nitrogens is 1. The molecule has 1 aromatic heterocycles. The molecule has 0 saturated carbocycles. The van der Waals surface area contributed by atoms with Gasteiger partial charge in [-0.15, -0.1) is 22.9 Å². The van der Waals surface area contributed by atoms with Crippen molar-refractivity contribution < 1.29 is 9.59 Å². The fourth-order valence-electron chi connectivity index (χ4n) is 2.47. The zero-order chi connectivity index (χ0) is 15.4. The summed E-state index contributed by atoms with van der Waals surface area (Å²) < 4.78 is 0. The summed E-state index contributed by atoms with van der Waals surface area (Å²) >= 11 is 7.07. The lowest BCUT2D eigenvalue weighted by Crippen LogP contribution is -2.38. The van der Waals surface area contributed by atoms with Crippen LogP contribution in [-0.2, 0) is 4.79 Å². The highest BCUT2D eigenvalue weighted by Gasteiger charge is 2.30. The van der Waals surface area contributed by atoms with Gasteiger partial charge in [-0.1, -0.05) is 0 Å². The molecule has 116 valence electrons. The zero-order valence-corrected chi connectivity index (χ0v) is 13.9. The van der Waals surface area contributed by atoms with Crippen LogP contribution >= 0.6 is 22.9 Å². The number of likely N-dealkylation sites (tertiary alicyclic amines) is 1. The molecule has 21 heavy (non-hydrogen) atoms. The summed E-state index contributed by atoms with van der Waals surface area (Å²) in [6.07, 6.45) is 4.95. The van der Waals surface area contributed by atoms with Crippen LogP contribution in [0.3, 0.4) is 0 Å². The molecule has 1 aliphatic heterocycles. The van der Waals surface area contributed by atoms with Gasteiger partial charge >= 0.3 is 0 Å². The molecule has 1 fully saturated rings. The van der Waals surface area contributed by atoms with Gasteiger partial charge in [0.25, 0.3) is 5.91 Å². The molecule has 0 aliphatic carbocycles. The maximum atomic E-state index is 12.2. The number of hydrogen-bond donors (Lipinski definition) is 0. The van der Waals surface area contributed by atoms with Gasteiger partial charge in [0.05, 0.1) is 12.2 Å². The third-order valence-corrected chi connectivity index (χ3v) is 4.83. The minimum Gasteiger partial charge on any atom is -0.344 e. The van der Waals surface area contributed by atoms with E-state index in [-0.39, 0.29) is 17.9 Å². The molecule has 5 nitrogen and oxygen atoms in total. The summed E-state index contributed by atoms with van der Waals surface area (Å²) in [7, 11) is 3.44. The van der Waals surface area contributed by atoms with Gasteiger partial charge in [0.15, 0.2) is 0 Å². The summed E-state index contributed by atoms with van der Waals surface area (Å²) in [5.41, 5.74) is 0. The van der Waals surface area contributed by atoms with Crippen molar-refractivity contribution in [1.82, 2.24) is 14.8 Å². The number of nitrogens with zero attached hydrogens (tertiary/aromatic N) is 3. The number of piperidine rings is 1. The molecular formula is C14H20ClN3O2S. The predicted octanol–water partition coefficient (Wildman–Crippen LogP) is 2.53. The fraction of sp³-hybridized carbons (Fsp3) is 0.643. The van der Waals surface area contributed by atoms with E-state index in [1.54, 1.807) is 20.3 Å². The minimum absolute atomic E-state index is 0.0109. The second-order valence-electron chi connectivity index (χ2n) is 5.30. The Labute approximate surface area is 133 Å². The molecule has 1 unspecified atom stereocenters. The number of carbonyl (C=O) groups is 2. The molecule has 0 bridgehead atoms. The van der Waals surface area contributed by atoms with Gasteiger partial charge in [0.1, 0.15) is 9.88 Å². The number of amides is 2. The van der Waals surface area contributed by atoms with Crippen LogP contribution in [0, 0.1) is 0 Å². The molecule has 1 aliphatic rings. The van der Waals surface area contributed by atoms with Gasteiger partial charge < -0.3 is 9.80 Å². The molecule has 1 atom stereocenters. The quantitative estimate of drug-likeness (QED) is 0.798. The molecule has 1 saturated heterocycles. The van der Waals surface area contributed by atoms with Crippen LogP contribution in [0.2, 0.25) is 0 Å². The Morgan fingerprint density at radius 2 is 2.24 bits per heavy atom.